The van der Waals surface area contributed by atoms with Crippen molar-refractivity contribution in [3.63, 3.8) is 0 Å². The van der Waals surface area contributed by atoms with Crippen LogP contribution in [0.15, 0.2) is 41.3 Å². The van der Waals surface area contributed by atoms with E-state index >= 15 is 0 Å². The first-order valence-corrected chi connectivity index (χ1v) is 8.65. The summed E-state index contributed by atoms with van der Waals surface area (Å²) in [5, 5.41) is 29.0. The predicted molar refractivity (Wildman–Crippen MR) is 98.4 cm³/mol. The number of nitriles is 1. The van der Waals surface area contributed by atoms with E-state index < -0.39 is 40.1 Å². The highest BCUT2D eigenvalue weighted by Gasteiger charge is 2.48. The van der Waals surface area contributed by atoms with Gasteiger partial charge in [0.15, 0.2) is 6.10 Å². The number of nitrogens with zero attached hydrogens (tertiary/aromatic N) is 4. The lowest BCUT2D eigenvalue weighted by atomic mass is 9.85. The first kappa shape index (κ1) is 20.6. The maximum Gasteiger partial charge on any atom is 0.295 e. The summed E-state index contributed by atoms with van der Waals surface area (Å²) in [6.45, 7) is 2.71. The third kappa shape index (κ3) is 4.00. The van der Waals surface area contributed by atoms with E-state index in [0.29, 0.717) is 11.3 Å². The molecule has 3 rings (SSSR count). The van der Waals surface area contributed by atoms with Gasteiger partial charge in [-0.15, -0.1) is 20.2 Å². The van der Waals surface area contributed by atoms with E-state index in [-0.39, 0.29) is 11.1 Å². The molecule has 2 atom stereocenters. The predicted octanol–water partition coefficient (Wildman–Crippen LogP) is 1.77. The fourth-order valence-corrected chi connectivity index (χ4v) is 3.38. The summed E-state index contributed by atoms with van der Waals surface area (Å²) in [5.74, 6) is 0.325. The van der Waals surface area contributed by atoms with E-state index in [0.717, 1.165) is 10.6 Å². The molecule has 2 heterocycles. The van der Waals surface area contributed by atoms with E-state index in [1.807, 2.05) is 6.07 Å². The molecule has 156 valence electrons. The van der Waals surface area contributed by atoms with Gasteiger partial charge in [-0.25, -0.2) is 0 Å². The lowest BCUT2D eigenvalue weighted by Crippen LogP contribution is -2.54. The van der Waals surface area contributed by atoms with Crippen LogP contribution < -0.4 is 10.3 Å². The van der Waals surface area contributed by atoms with Gasteiger partial charge in [0.25, 0.3) is 15.7 Å². The van der Waals surface area contributed by atoms with Gasteiger partial charge >= 0.3 is 0 Å². The number of fused-ring (bicyclic) bond motifs is 1. The van der Waals surface area contributed by atoms with Crippen molar-refractivity contribution in [1.29, 1.82) is 5.26 Å². The number of pyridine rings is 1. The standard InChI is InChI=1S/C18H16N4O8/c1-18(2)17(30-22(26)27)16(13-7-11(8-19)3-5-14(13)29-18)20-9-12(4-6-15(20)23)10-28-21(24)25/h3-7,9,16-17H,10H2,1-2H3. The van der Waals surface area contributed by atoms with Crippen LogP contribution in [0.2, 0.25) is 0 Å². The van der Waals surface area contributed by atoms with Crippen LogP contribution in [-0.2, 0) is 16.3 Å². The maximum atomic E-state index is 12.7. The topological polar surface area (TPSA) is 160 Å². The molecule has 0 bridgehead atoms. The molecule has 0 fully saturated rings. The first-order valence-electron chi connectivity index (χ1n) is 8.65. The zero-order valence-corrected chi connectivity index (χ0v) is 15.9. The van der Waals surface area contributed by atoms with E-state index in [1.165, 1.54) is 30.5 Å². The van der Waals surface area contributed by atoms with Crippen LogP contribution in [0, 0.1) is 31.6 Å². The lowest BCUT2D eigenvalue weighted by molar-refractivity contribution is -0.773. The van der Waals surface area contributed by atoms with E-state index in [4.69, 9.17) is 9.57 Å². The fraction of sp³-hybridized carbons (Fsp3) is 0.333. The van der Waals surface area contributed by atoms with Gasteiger partial charge in [-0.3, -0.25) is 4.79 Å². The Balaban J connectivity index is 2.21. The molecule has 0 spiro atoms. The Morgan fingerprint density at radius 3 is 2.60 bits per heavy atom. The lowest BCUT2D eigenvalue weighted by Gasteiger charge is -2.43. The zero-order valence-electron chi connectivity index (χ0n) is 15.9. The van der Waals surface area contributed by atoms with Crippen molar-refractivity contribution in [3.8, 4) is 11.8 Å². The van der Waals surface area contributed by atoms with Gasteiger partial charge in [0.05, 0.1) is 17.7 Å². The minimum Gasteiger partial charge on any atom is -0.485 e. The van der Waals surface area contributed by atoms with Gasteiger partial charge in [0.2, 0.25) is 0 Å². The molecule has 1 aromatic heterocycles. The van der Waals surface area contributed by atoms with Crippen molar-refractivity contribution in [3.05, 3.63) is 83.8 Å². The summed E-state index contributed by atoms with van der Waals surface area (Å²) in [6, 6.07) is 7.95. The highest BCUT2D eigenvalue weighted by Crippen LogP contribution is 2.43. The van der Waals surface area contributed by atoms with E-state index in [2.05, 4.69) is 4.84 Å². The molecular weight excluding hydrogens is 400 g/mol. The molecule has 0 N–H and O–H groups in total. The number of benzene rings is 1. The Bertz CT molecular complexity index is 1100. The van der Waals surface area contributed by atoms with Gasteiger partial charge in [0, 0.05) is 17.8 Å². The number of aromatic nitrogens is 1. The molecule has 0 radical (unpaired) electrons. The van der Waals surface area contributed by atoms with Crippen molar-refractivity contribution in [1.82, 2.24) is 4.57 Å². The largest absolute Gasteiger partial charge is 0.485 e. The van der Waals surface area contributed by atoms with Crippen molar-refractivity contribution in [2.24, 2.45) is 0 Å². The van der Waals surface area contributed by atoms with Crippen molar-refractivity contribution in [2.75, 3.05) is 0 Å². The number of ether oxygens (including phenoxy) is 1. The molecule has 30 heavy (non-hydrogen) atoms. The molecule has 0 amide bonds. The molecule has 0 saturated heterocycles. The van der Waals surface area contributed by atoms with Gasteiger partial charge in [-0.05, 0) is 37.6 Å². The van der Waals surface area contributed by atoms with Gasteiger partial charge in [-0.1, -0.05) is 6.07 Å². The summed E-state index contributed by atoms with van der Waals surface area (Å²) < 4.78 is 7.03. The Labute approximate surface area is 169 Å². The molecular formula is C18H16N4O8. The molecule has 0 saturated carbocycles. The molecule has 12 heteroatoms. The van der Waals surface area contributed by atoms with Crippen LogP contribution in [0.5, 0.6) is 5.75 Å². The molecule has 0 aliphatic carbocycles. The monoisotopic (exact) mass is 416 g/mol. The first-order chi connectivity index (χ1) is 14.1. The minimum atomic E-state index is -1.27. The summed E-state index contributed by atoms with van der Waals surface area (Å²) >= 11 is 0. The van der Waals surface area contributed by atoms with Crippen molar-refractivity contribution < 1.29 is 24.6 Å². The van der Waals surface area contributed by atoms with Gasteiger partial charge in [0.1, 0.15) is 18.0 Å². The van der Waals surface area contributed by atoms with Crippen molar-refractivity contribution in [2.45, 2.75) is 38.2 Å². The zero-order chi connectivity index (χ0) is 22.1. The molecule has 2 unspecified atom stereocenters. The summed E-state index contributed by atoms with van der Waals surface area (Å²) in [6.07, 6.45) is 0.0372. The van der Waals surface area contributed by atoms with Gasteiger partial charge < -0.3 is 19.0 Å². The average Bonchev–Trinajstić information content (AvgIpc) is 2.67. The normalized spacial score (nSPS) is 19.0. The smallest absolute Gasteiger partial charge is 0.295 e. The van der Waals surface area contributed by atoms with Crippen LogP contribution in [0.3, 0.4) is 0 Å². The second-order valence-corrected chi connectivity index (χ2v) is 7.04. The van der Waals surface area contributed by atoms with Gasteiger partial charge in [-0.2, -0.15) is 5.26 Å². The molecule has 1 aliphatic rings. The van der Waals surface area contributed by atoms with E-state index in [9.17, 15) is 30.3 Å². The summed E-state index contributed by atoms with van der Waals surface area (Å²) in [5.41, 5.74) is -0.898. The summed E-state index contributed by atoms with van der Waals surface area (Å²) in [7, 11) is 0. The second kappa shape index (κ2) is 7.70. The SMILES string of the molecule is CC1(C)Oc2ccc(C#N)cc2C(n2cc(CO[N+](=O)[O-])ccc2=O)C1O[N+](=O)[O-]. The van der Waals surface area contributed by atoms with Crippen LogP contribution in [0.25, 0.3) is 0 Å². The molecule has 2 aromatic rings. The number of rotatable bonds is 6. The molecule has 12 nitrogen and oxygen atoms in total. The minimum absolute atomic E-state index is 0.253. The van der Waals surface area contributed by atoms with Crippen LogP contribution >= 0.6 is 0 Å². The Hall–Kier alpha value is -4.14. The third-order valence-corrected chi connectivity index (χ3v) is 4.64. The Morgan fingerprint density at radius 1 is 1.23 bits per heavy atom. The van der Waals surface area contributed by atoms with Crippen LogP contribution in [0.1, 0.15) is 36.6 Å². The Kier molecular flexibility index (Phi) is 5.29. The fourth-order valence-electron chi connectivity index (χ4n) is 3.38. The maximum absolute atomic E-state index is 12.7. The van der Waals surface area contributed by atoms with Crippen molar-refractivity contribution >= 4 is 0 Å². The highest BCUT2D eigenvalue weighted by atomic mass is 17.0. The number of hydrogen-bond donors (Lipinski definition) is 0. The van der Waals surface area contributed by atoms with Crippen LogP contribution in [-0.4, -0.2) is 26.4 Å². The third-order valence-electron chi connectivity index (χ3n) is 4.64. The summed E-state index contributed by atoms with van der Waals surface area (Å²) in [4.78, 5) is 43.6. The highest BCUT2D eigenvalue weighted by molar-refractivity contribution is 5.47. The second-order valence-electron chi connectivity index (χ2n) is 7.04. The quantitative estimate of drug-likeness (QED) is 0.505. The number of hydrogen-bond acceptors (Lipinski definition) is 9. The average molecular weight is 416 g/mol. The Morgan fingerprint density at radius 2 is 1.97 bits per heavy atom. The van der Waals surface area contributed by atoms with Crippen LogP contribution in [0.4, 0.5) is 0 Å². The van der Waals surface area contributed by atoms with E-state index in [1.54, 1.807) is 13.8 Å². The molecule has 1 aliphatic heterocycles. The molecule has 1 aromatic carbocycles.